The van der Waals surface area contributed by atoms with E-state index in [2.05, 4.69) is 37.7 Å². The first kappa shape index (κ1) is 15.7. The van der Waals surface area contributed by atoms with Crippen molar-refractivity contribution in [3.8, 4) is 6.07 Å². The van der Waals surface area contributed by atoms with Crippen molar-refractivity contribution in [2.24, 2.45) is 0 Å². The van der Waals surface area contributed by atoms with Crippen LogP contribution in [-0.4, -0.2) is 24.5 Å². The van der Waals surface area contributed by atoms with Gasteiger partial charge in [0.25, 0.3) is 0 Å². The SMILES string of the molecule is CCc1nn(COCC[Si](C)(C)C)c2ccc(C#N)cc12. The van der Waals surface area contributed by atoms with Gasteiger partial charge in [0.2, 0.25) is 0 Å². The highest BCUT2D eigenvalue weighted by atomic mass is 28.3. The minimum atomic E-state index is -1.05. The quantitative estimate of drug-likeness (QED) is 0.602. The maximum Gasteiger partial charge on any atom is 0.140 e. The highest BCUT2D eigenvalue weighted by Crippen LogP contribution is 2.21. The van der Waals surface area contributed by atoms with Gasteiger partial charge in [0.1, 0.15) is 6.73 Å². The van der Waals surface area contributed by atoms with Gasteiger partial charge in [0.05, 0.1) is 22.8 Å². The van der Waals surface area contributed by atoms with Crippen molar-refractivity contribution in [3.05, 3.63) is 29.5 Å². The van der Waals surface area contributed by atoms with Crippen LogP contribution in [-0.2, 0) is 17.9 Å². The smallest absolute Gasteiger partial charge is 0.140 e. The van der Waals surface area contributed by atoms with Crippen LogP contribution >= 0.6 is 0 Å². The molecular formula is C16H23N3OSi. The molecule has 0 radical (unpaired) electrons. The first-order valence-corrected chi connectivity index (χ1v) is 11.1. The van der Waals surface area contributed by atoms with E-state index in [1.165, 1.54) is 0 Å². The normalized spacial score (nSPS) is 11.8. The summed E-state index contributed by atoms with van der Waals surface area (Å²) in [6.45, 7) is 10.4. The van der Waals surface area contributed by atoms with Gasteiger partial charge >= 0.3 is 0 Å². The van der Waals surface area contributed by atoms with E-state index in [-0.39, 0.29) is 0 Å². The number of hydrogen-bond acceptors (Lipinski definition) is 3. The van der Waals surface area contributed by atoms with Crippen LogP contribution in [0.2, 0.25) is 25.7 Å². The van der Waals surface area contributed by atoms with Crippen LogP contribution in [0.5, 0.6) is 0 Å². The van der Waals surface area contributed by atoms with Gasteiger partial charge in [-0.15, -0.1) is 0 Å². The van der Waals surface area contributed by atoms with Crippen molar-refractivity contribution in [2.75, 3.05) is 6.61 Å². The lowest BCUT2D eigenvalue weighted by atomic mass is 10.1. The van der Waals surface area contributed by atoms with Crippen molar-refractivity contribution < 1.29 is 4.74 Å². The molecule has 0 aliphatic rings. The molecule has 1 heterocycles. The second-order valence-electron chi connectivity index (χ2n) is 6.49. The molecule has 1 aromatic carbocycles. The molecule has 4 nitrogen and oxygen atoms in total. The molecule has 0 aliphatic carbocycles. The number of nitrogens with zero attached hydrogens (tertiary/aromatic N) is 3. The van der Waals surface area contributed by atoms with E-state index >= 15 is 0 Å². The minimum absolute atomic E-state index is 0.479. The maximum absolute atomic E-state index is 9.02. The summed E-state index contributed by atoms with van der Waals surface area (Å²) in [7, 11) is -1.05. The summed E-state index contributed by atoms with van der Waals surface area (Å²) < 4.78 is 7.69. The zero-order chi connectivity index (χ0) is 15.5. The number of fused-ring (bicyclic) bond motifs is 1. The summed E-state index contributed by atoms with van der Waals surface area (Å²) in [5.74, 6) is 0. The fourth-order valence-electron chi connectivity index (χ4n) is 2.20. The fraction of sp³-hybridized carbons (Fsp3) is 0.500. The third-order valence-corrected chi connectivity index (χ3v) is 5.21. The molecule has 21 heavy (non-hydrogen) atoms. The molecule has 0 N–H and O–H groups in total. The Morgan fingerprint density at radius 1 is 1.33 bits per heavy atom. The van der Waals surface area contributed by atoms with Gasteiger partial charge in [-0.2, -0.15) is 10.4 Å². The molecule has 0 spiro atoms. The van der Waals surface area contributed by atoms with E-state index in [1.807, 2.05) is 22.9 Å². The Labute approximate surface area is 127 Å². The molecule has 0 bridgehead atoms. The molecule has 2 aromatic rings. The number of rotatable bonds is 6. The van der Waals surface area contributed by atoms with Gasteiger partial charge < -0.3 is 4.74 Å². The van der Waals surface area contributed by atoms with Gasteiger partial charge in [-0.05, 0) is 30.7 Å². The third kappa shape index (κ3) is 3.93. The molecular weight excluding hydrogens is 278 g/mol. The van der Waals surface area contributed by atoms with Gasteiger partial charge in [0.15, 0.2) is 0 Å². The Morgan fingerprint density at radius 3 is 2.71 bits per heavy atom. The van der Waals surface area contributed by atoms with Crippen molar-refractivity contribution in [1.29, 1.82) is 5.26 Å². The Morgan fingerprint density at radius 2 is 2.10 bits per heavy atom. The molecule has 0 fully saturated rings. The lowest BCUT2D eigenvalue weighted by Crippen LogP contribution is -2.22. The number of hydrogen-bond donors (Lipinski definition) is 0. The number of aryl methyl sites for hydroxylation is 1. The van der Waals surface area contributed by atoms with E-state index < -0.39 is 8.07 Å². The molecule has 0 saturated heterocycles. The largest absolute Gasteiger partial charge is 0.360 e. The van der Waals surface area contributed by atoms with Gasteiger partial charge in [-0.25, -0.2) is 4.68 Å². The highest BCUT2D eigenvalue weighted by Gasteiger charge is 2.13. The highest BCUT2D eigenvalue weighted by molar-refractivity contribution is 6.76. The molecule has 112 valence electrons. The van der Waals surface area contributed by atoms with Crippen LogP contribution in [0.15, 0.2) is 18.2 Å². The first-order valence-electron chi connectivity index (χ1n) is 7.42. The van der Waals surface area contributed by atoms with Crippen LogP contribution in [0.1, 0.15) is 18.2 Å². The Hall–Kier alpha value is -1.64. The summed E-state index contributed by atoms with van der Waals surface area (Å²) in [6.07, 6.45) is 0.854. The summed E-state index contributed by atoms with van der Waals surface area (Å²) >= 11 is 0. The molecule has 2 rings (SSSR count). The molecule has 1 aromatic heterocycles. The molecule has 0 atom stereocenters. The second-order valence-corrected chi connectivity index (χ2v) is 12.1. The number of aromatic nitrogens is 2. The lowest BCUT2D eigenvalue weighted by Gasteiger charge is -2.15. The molecule has 0 saturated carbocycles. The minimum Gasteiger partial charge on any atom is -0.360 e. The van der Waals surface area contributed by atoms with Crippen molar-refractivity contribution in [1.82, 2.24) is 9.78 Å². The topological polar surface area (TPSA) is 50.8 Å². The molecule has 5 heteroatoms. The van der Waals surface area contributed by atoms with E-state index in [4.69, 9.17) is 10.00 Å². The van der Waals surface area contributed by atoms with Crippen molar-refractivity contribution in [3.63, 3.8) is 0 Å². The van der Waals surface area contributed by atoms with Crippen molar-refractivity contribution >= 4 is 19.0 Å². The van der Waals surface area contributed by atoms with Crippen LogP contribution in [0, 0.1) is 11.3 Å². The van der Waals surface area contributed by atoms with Crippen molar-refractivity contribution in [2.45, 2.75) is 45.8 Å². The monoisotopic (exact) mass is 301 g/mol. The Kier molecular flexibility index (Phi) is 4.81. The zero-order valence-corrected chi connectivity index (χ0v) is 14.3. The van der Waals surface area contributed by atoms with Crippen LogP contribution in [0.25, 0.3) is 10.9 Å². The van der Waals surface area contributed by atoms with Gasteiger partial charge in [-0.3, -0.25) is 0 Å². The number of ether oxygens (including phenoxy) is 1. The molecule has 0 amide bonds. The van der Waals surface area contributed by atoms with Crippen LogP contribution in [0.4, 0.5) is 0 Å². The maximum atomic E-state index is 9.02. The predicted octanol–water partition coefficient (Wildman–Crippen LogP) is 3.78. The third-order valence-electron chi connectivity index (χ3n) is 3.50. The van der Waals surface area contributed by atoms with E-state index in [0.29, 0.717) is 12.3 Å². The average Bonchev–Trinajstić information content (AvgIpc) is 2.79. The lowest BCUT2D eigenvalue weighted by molar-refractivity contribution is 0.0814. The van der Waals surface area contributed by atoms with E-state index in [0.717, 1.165) is 35.7 Å². The van der Waals surface area contributed by atoms with Crippen LogP contribution in [0.3, 0.4) is 0 Å². The standard InChI is InChI=1S/C16H23N3OSi/c1-5-15-14-10-13(11-17)6-7-16(14)19(18-15)12-20-8-9-21(2,3)4/h6-7,10H,5,8-9,12H2,1-4H3. The summed E-state index contributed by atoms with van der Waals surface area (Å²) in [6, 6.07) is 9.06. The predicted molar refractivity (Wildman–Crippen MR) is 87.9 cm³/mol. The van der Waals surface area contributed by atoms with E-state index in [1.54, 1.807) is 0 Å². The summed E-state index contributed by atoms with van der Waals surface area (Å²) in [5.41, 5.74) is 2.74. The Bertz CT molecular complexity index is 664. The fourth-order valence-corrected chi connectivity index (χ4v) is 2.96. The van der Waals surface area contributed by atoms with Gasteiger partial charge in [0, 0.05) is 20.1 Å². The van der Waals surface area contributed by atoms with Crippen LogP contribution < -0.4 is 0 Å². The van der Waals surface area contributed by atoms with Gasteiger partial charge in [-0.1, -0.05) is 26.6 Å². The average molecular weight is 301 g/mol. The number of nitriles is 1. The summed E-state index contributed by atoms with van der Waals surface area (Å²) in [4.78, 5) is 0. The Balaban J connectivity index is 2.15. The van der Waals surface area contributed by atoms with E-state index in [9.17, 15) is 0 Å². The molecule has 0 aliphatic heterocycles. The summed E-state index contributed by atoms with van der Waals surface area (Å²) in [5, 5.41) is 14.7. The molecule has 0 unspecified atom stereocenters. The first-order chi connectivity index (χ1) is 9.94. The number of benzene rings is 1. The zero-order valence-electron chi connectivity index (χ0n) is 13.3. The second kappa shape index (κ2) is 6.42.